The Kier molecular flexibility index (Phi) is 66.2. The molecule has 0 aromatic heterocycles. The van der Waals surface area contributed by atoms with E-state index in [0.717, 1.165) is 109 Å². The van der Waals surface area contributed by atoms with Gasteiger partial charge in [0.15, 0.2) is 6.10 Å². The largest absolute Gasteiger partial charge is 0.462 e. The van der Waals surface area contributed by atoms with Crippen LogP contribution in [0.3, 0.4) is 0 Å². The minimum absolute atomic E-state index is 0.0827. The normalized spacial score (nSPS) is 12.6. The highest BCUT2D eigenvalue weighted by Crippen LogP contribution is 2.18. The van der Waals surface area contributed by atoms with Gasteiger partial charge in [0, 0.05) is 19.3 Å². The van der Waals surface area contributed by atoms with Crippen LogP contribution in [-0.4, -0.2) is 37.2 Å². The molecule has 0 bridgehead atoms. The van der Waals surface area contributed by atoms with E-state index in [1.807, 2.05) is 0 Å². The topological polar surface area (TPSA) is 78.9 Å². The monoisotopic (exact) mass is 1130 g/mol. The number of hydrogen-bond acceptors (Lipinski definition) is 6. The van der Waals surface area contributed by atoms with Crippen molar-refractivity contribution in [3.8, 4) is 0 Å². The second-order valence-electron chi connectivity index (χ2n) is 23.4. The number of hydrogen-bond donors (Lipinski definition) is 0. The van der Waals surface area contributed by atoms with Crippen molar-refractivity contribution < 1.29 is 28.6 Å². The van der Waals surface area contributed by atoms with E-state index in [-0.39, 0.29) is 31.1 Å². The summed E-state index contributed by atoms with van der Waals surface area (Å²) >= 11 is 0. The lowest BCUT2D eigenvalue weighted by Crippen LogP contribution is -2.30. The molecule has 0 aliphatic carbocycles. The molecule has 0 fully saturated rings. The third-order valence-corrected chi connectivity index (χ3v) is 15.4. The maximum Gasteiger partial charge on any atom is 0.306 e. The molecule has 0 aromatic rings. The maximum atomic E-state index is 13.0. The van der Waals surface area contributed by atoms with Crippen molar-refractivity contribution in [1.82, 2.24) is 0 Å². The molecule has 0 N–H and O–H groups in total. The van der Waals surface area contributed by atoms with E-state index in [4.69, 9.17) is 14.2 Å². The summed E-state index contributed by atoms with van der Waals surface area (Å²) in [6, 6.07) is 0. The van der Waals surface area contributed by atoms with E-state index in [0.29, 0.717) is 19.3 Å². The van der Waals surface area contributed by atoms with Gasteiger partial charge in [0.05, 0.1) is 0 Å². The zero-order chi connectivity index (χ0) is 58.5. The first-order valence-electron chi connectivity index (χ1n) is 35.1. The molecule has 0 aromatic carbocycles. The first kappa shape index (κ1) is 77.6. The van der Waals surface area contributed by atoms with E-state index in [1.165, 1.54) is 205 Å². The number of ether oxygens (including phenoxy) is 3. The highest BCUT2D eigenvalue weighted by atomic mass is 16.6. The number of unbranched alkanes of at least 4 members (excludes halogenated alkanes) is 39. The summed E-state index contributed by atoms with van der Waals surface area (Å²) in [7, 11) is 0. The SMILES string of the molecule is CC/C=C\C/C=C\C/C=C\C/C=C\C/C=C\C/C=C\C/C=C\CCCCCC(=O)OCC(COC(=O)CCCCCCCCCCCCCCC)OC(=O)CCCCCCCCCCCCCCCCCCCCCCCCCCC. The second kappa shape index (κ2) is 69.1. The van der Waals surface area contributed by atoms with Crippen LogP contribution < -0.4 is 0 Å². The van der Waals surface area contributed by atoms with Gasteiger partial charge in [-0.1, -0.05) is 343 Å². The molecule has 0 spiro atoms. The number of esters is 3. The van der Waals surface area contributed by atoms with Gasteiger partial charge in [0.1, 0.15) is 13.2 Å². The van der Waals surface area contributed by atoms with Crippen molar-refractivity contribution in [1.29, 1.82) is 0 Å². The first-order valence-corrected chi connectivity index (χ1v) is 35.1. The Bertz CT molecular complexity index is 1530. The lowest BCUT2D eigenvalue weighted by molar-refractivity contribution is -0.167. The molecule has 0 amide bonds. The lowest BCUT2D eigenvalue weighted by atomic mass is 10.0. The smallest absolute Gasteiger partial charge is 0.306 e. The van der Waals surface area contributed by atoms with Crippen molar-refractivity contribution in [2.24, 2.45) is 0 Å². The molecule has 0 rings (SSSR count). The van der Waals surface area contributed by atoms with Crippen molar-refractivity contribution in [3.05, 3.63) is 85.1 Å². The van der Waals surface area contributed by atoms with Gasteiger partial charge in [-0.15, -0.1) is 0 Å². The zero-order valence-corrected chi connectivity index (χ0v) is 53.8. The average Bonchev–Trinajstić information content (AvgIpc) is 3.46. The van der Waals surface area contributed by atoms with Crippen molar-refractivity contribution >= 4 is 17.9 Å². The predicted octanol–water partition coefficient (Wildman–Crippen LogP) is 24.2. The second-order valence-corrected chi connectivity index (χ2v) is 23.4. The van der Waals surface area contributed by atoms with Gasteiger partial charge < -0.3 is 14.2 Å². The van der Waals surface area contributed by atoms with Crippen LogP contribution in [0.15, 0.2) is 85.1 Å². The molecule has 468 valence electrons. The highest BCUT2D eigenvalue weighted by Gasteiger charge is 2.19. The van der Waals surface area contributed by atoms with Crippen LogP contribution in [0.25, 0.3) is 0 Å². The molecule has 1 unspecified atom stereocenters. The third kappa shape index (κ3) is 67.3. The van der Waals surface area contributed by atoms with Gasteiger partial charge in [-0.2, -0.15) is 0 Å². The van der Waals surface area contributed by atoms with Crippen molar-refractivity contribution in [3.63, 3.8) is 0 Å². The molecule has 1 atom stereocenters. The molecule has 0 radical (unpaired) electrons. The average molecular weight is 1130 g/mol. The first-order chi connectivity index (χ1) is 40.0. The lowest BCUT2D eigenvalue weighted by Gasteiger charge is -2.18. The zero-order valence-electron chi connectivity index (χ0n) is 53.8. The van der Waals surface area contributed by atoms with E-state index >= 15 is 0 Å². The van der Waals surface area contributed by atoms with Gasteiger partial charge in [-0.05, 0) is 77.0 Å². The van der Waals surface area contributed by atoms with Crippen LogP contribution in [0.4, 0.5) is 0 Å². The summed E-state index contributed by atoms with van der Waals surface area (Å²) in [6.07, 6.45) is 91.8. The van der Waals surface area contributed by atoms with Crippen LogP contribution in [0.2, 0.25) is 0 Å². The fraction of sp³-hybridized carbons (Fsp3) is 0.773. The van der Waals surface area contributed by atoms with Crippen LogP contribution >= 0.6 is 0 Å². The van der Waals surface area contributed by atoms with Crippen LogP contribution in [0, 0.1) is 0 Å². The van der Waals surface area contributed by atoms with Gasteiger partial charge in [0.2, 0.25) is 0 Å². The molecular formula is C75H132O6. The fourth-order valence-electron chi connectivity index (χ4n) is 10.2. The van der Waals surface area contributed by atoms with Gasteiger partial charge in [0.25, 0.3) is 0 Å². The van der Waals surface area contributed by atoms with Gasteiger partial charge >= 0.3 is 17.9 Å². The molecule has 81 heavy (non-hydrogen) atoms. The Labute approximate surface area is 503 Å². The third-order valence-electron chi connectivity index (χ3n) is 15.4. The number of carbonyl (C=O) groups excluding carboxylic acids is 3. The van der Waals surface area contributed by atoms with Crippen LogP contribution in [0.5, 0.6) is 0 Å². The summed E-state index contributed by atoms with van der Waals surface area (Å²) in [5, 5.41) is 0. The Morgan fingerprint density at radius 1 is 0.259 bits per heavy atom. The van der Waals surface area contributed by atoms with Crippen molar-refractivity contribution in [2.75, 3.05) is 13.2 Å². The van der Waals surface area contributed by atoms with Gasteiger partial charge in [-0.3, -0.25) is 14.4 Å². The molecule has 0 heterocycles. The van der Waals surface area contributed by atoms with Crippen LogP contribution in [0.1, 0.15) is 355 Å². The summed E-state index contributed by atoms with van der Waals surface area (Å²) in [5.74, 6) is -0.897. The maximum absolute atomic E-state index is 13.0. The standard InChI is InChI=1S/C75H132O6/c1-4-7-10-13-16-19-22-25-27-29-31-33-35-37-39-41-43-45-47-50-53-56-59-62-65-68-74(77)80-71-72(70-79-73(76)67-64-61-58-55-52-49-24-21-18-15-12-9-6-3)81-75(78)69-66-63-60-57-54-51-48-46-44-42-40-38-36-34-32-30-28-26-23-20-17-14-11-8-5-2/h7,10,16,19,25,27,31,33,37,39,43,45,50,53,72H,4-6,8-9,11-15,17-18,20-24,26,28-30,32,34-36,38,40-42,44,46-49,51-52,54-71H2,1-3H3/b10-7-,19-16-,27-25-,33-31-,39-37-,45-43-,53-50-. The van der Waals surface area contributed by atoms with Crippen molar-refractivity contribution in [2.45, 2.75) is 361 Å². The molecule has 0 aliphatic rings. The fourth-order valence-corrected chi connectivity index (χ4v) is 10.2. The summed E-state index contributed by atoms with van der Waals surface area (Å²) in [4.78, 5) is 38.4. The summed E-state index contributed by atoms with van der Waals surface area (Å²) in [5.41, 5.74) is 0. The molecule has 6 nitrogen and oxygen atoms in total. The van der Waals surface area contributed by atoms with E-state index < -0.39 is 6.10 Å². The Morgan fingerprint density at radius 3 is 0.753 bits per heavy atom. The minimum atomic E-state index is -0.789. The van der Waals surface area contributed by atoms with E-state index in [1.54, 1.807) is 0 Å². The van der Waals surface area contributed by atoms with E-state index in [9.17, 15) is 14.4 Å². The predicted molar refractivity (Wildman–Crippen MR) is 353 cm³/mol. The van der Waals surface area contributed by atoms with E-state index in [2.05, 4.69) is 106 Å². The van der Waals surface area contributed by atoms with Gasteiger partial charge in [-0.25, -0.2) is 0 Å². The number of carbonyl (C=O) groups is 3. The Hall–Kier alpha value is -3.41. The minimum Gasteiger partial charge on any atom is -0.462 e. The highest BCUT2D eigenvalue weighted by molar-refractivity contribution is 5.71. The Balaban J connectivity index is 4.33. The Morgan fingerprint density at radius 2 is 0.481 bits per heavy atom. The summed E-state index contributed by atoms with van der Waals surface area (Å²) < 4.78 is 17.0. The molecule has 0 aliphatic heterocycles. The number of allylic oxidation sites excluding steroid dienone is 14. The summed E-state index contributed by atoms with van der Waals surface area (Å²) in [6.45, 7) is 6.55. The molecular weight excluding hydrogens is 997 g/mol. The molecule has 0 saturated carbocycles. The molecule has 6 heteroatoms. The van der Waals surface area contributed by atoms with Crippen LogP contribution in [-0.2, 0) is 28.6 Å². The number of rotatable bonds is 64. The quantitative estimate of drug-likeness (QED) is 0.0261. The molecule has 0 saturated heterocycles.